The Hall–Kier alpha value is -1.11. The van der Waals surface area contributed by atoms with Crippen molar-refractivity contribution in [3.05, 3.63) is 44.4 Å². The molecule has 0 aliphatic rings. The highest BCUT2D eigenvalue weighted by atomic mass is 79.9. The lowest BCUT2D eigenvalue weighted by molar-refractivity contribution is 0.0659. The second-order valence-corrected chi connectivity index (χ2v) is 6.69. The number of nitrogens with one attached hydrogen (secondary N) is 1. The molecule has 0 aliphatic carbocycles. The van der Waals surface area contributed by atoms with Gasteiger partial charge in [-0.25, -0.2) is 4.79 Å². The van der Waals surface area contributed by atoms with Crippen LogP contribution in [0.25, 0.3) is 0 Å². The average molecular weight is 344 g/mol. The minimum Gasteiger partial charge on any atom is -0.475 e. The molecule has 102 valence electrons. The summed E-state index contributed by atoms with van der Waals surface area (Å²) in [6.45, 7) is 2.77. The number of hydrogen-bond acceptors (Lipinski definition) is 4. The molecule has 0 saturated heterocycles. The molecular formula is C13H14BrNO3S. The van der Waals surface area contributed by atoms with E-state index in [1.807, 2.05) is 13.0 Å². The van der Waals surface area contributed by atoms with Gasteiger partial charge in [0.1, 0.15) is 5.76 Å². The largest absolute Gasteiger partial charge is 0.475 e. The van der Waals surface area contributed by atoms with E-state index in [1.54, 1.807) is 17.4 Å². The molecule has 1 unspecified atom stereocenters. The van der Waals surface area contributed by atoms with E-state index < -0.39 is 5.97 Å². The normalized spacial score (nSPS) is 12.5. The summed E-state index contributed by atoms with van der Waals surface area (Å²) in [5.41, 5.74) is 0. The Morgan fingerprint density at radius 2 is 2.26 bits per heavy atom. The van der Waals surface area contributed by atoms with E-state index in [2.05, 4.69) is 27.3 Å². The first-order valence-electron chi connectivity index (χ1n) is 5.87. The van der Waals surface area contributed by atoms with Crippen LogP contribution in [0.15, 0.2) is 32.5 Å². The number of hydrogen-bond donors (Lipinski definition) is 2. The predicted molar refractivity (Wildman–Crippen MR) is 77.8 cm³/mol. The number of rotatable bonds is 6. The Morgan fingerprint density at radius 3 is 2.84 bits per heavy atom. The van der Waals surface area contributed by atoms with Crippen molar-refractivity contribution in [3.63, 3.8) is 0 Å². The first-order valence-corrected chi connectivity index (χ1v) is 7.48. The number of furan rings is 1. The molecule has 1 atom stereocenters. The van der Waals surface area contributed by atoms with Crippen molar-refractivity contribution in [1.29, 1.82) is 0 Å². The van der Waals surface area contributed by atoms with E-state index >= 15 is 0 Å². The van der Waals surface area contributed by atoms with Gasteiger partial charge >= 0.3 is 5.97 Å². The summed E-state index contributed by atoms with van der Waals surface area (Å²) in [6, 6.07) is 7.30. The molecule has 0 aliphatic heterocycles. The molecule has 0 aromatic carbocycles. The van der Waals surface area contributed by atoms with Gasteiger partial charge in [0.15, 0.2) is 0 Å². The van der Waals surface area contributed by atoms with Crippen LogP contribution in [0.5, 0.6) is 0 Å². The minimum absolute atomic E-state index is 0.00324. The Balaban J connectivity index is 1.83. The standard InChI is InChI=1S/C13H14BrNO3S/c1-8(10-3-4-11(18-10)13(16)17)15-7-6-9-2-5-12(14)19-9/h2-5,8,15H,6-7H2,1H3,(H,16,17). The first kappa shape index (κ1) is 14.3. The summed E-state index contributed by atoms with van der Waals surface area (Å²) < 4.78 is 6.38. The topological polar surface area (TPSA) is 62.5 Å². The van der Waals surface area contributed by atoms with Crippen LogP contribution in [-0.4, -0.2) is 17.6 Å². The van der Waals surface area contributed by atoms with E-state index in [4.69, 9.17) is 9.52 Å². The summed E-state index contributed by atoms with van der Waals surface area (Å²) in [5, 5.41) is 12.1. The third-order valence-electron chi connectivity index (χ3n) is 2.72. The van der Waals surface area contributed by atoms with Crippen LogP contribution in [-0.2, 0) is 6.42 Å². The smallest absolute Gasteiger partial charge is 0.371 e. The van der Waals surface area contributed by atoms with Crippen molar-refractivity contribution in [2.45, 2.75) is 19.4 Å². The fourth-order valence-corrected chi connectivity index (χ4v) is 3.18. The van der Waals surface area contributed by atoms with Crippen molar-refractivity contribution < 1.29 is 14.3 Å². The molecule has 0 saturated carbocycles. The van der Waals surface area contributed by atoms with Crippen molar-refractivity contribution in [2.24, 2.45) is 0 Å². The van der Waals surface area contributed by atoms with Gasteiger partial charge in [-0.2, -0.15) is 0 Å². The minimum atomic E-state index is -1.04. The molecular weight excluding hydrogens is 330 g/mol. The molecule has 0 bridgehead atoms. The molecule has 19 heavy (non-hydrogen) atoms. The first-order chi connectivity index (χ1) is 9.06. The molecule has 6 heteroatoms. The van der Waals surface area contributed by atoms with Gasteiger partial charge in [0.2, 0.25) is 5.76 Å². The lowest BCUT2D eigenvalue weighted by atomic mass is 10.2. The number of carbonyl (C=O) groups is 1. The third-order valence-corrected chi connectivity index (χ3v) is 4.40. The lowest BCUT2D eigenvalue weighted by Gasteiger charge is -2.10. The molecule has 4 nitrogen and oxygen atoms in total. The van der Waals surface area contributed by atoms with Crippen LogP contribution in [0.1, 0.15) is 34.2 Å². The van der Waals surface area contributed by atoms with Crippen molar-refractivity contribution in [1.82, 2.24) is 5.32 Å². The second kappa shape index (κ2) is 6.36. The zero-order chi connectivity index (χ0) is 13.8. The quantitative estimate of drug-likeness (QED) is 0.839. The average Bonchev–Trinajstić information content (AvgIpc) is 2.98. The van der Waals surface area contributed by atoms with Gasteiger partial charge in [0.25, 0.3) is 0 Å². The molecule has 2 rings (SSSR count). The van der Waals surface area contributed by atoms with Crippen LogP contribution in [0.2, 0.25) is 0 Å². The Morgan fingerprint density at radius 1 is 1.47 bits per heavy atom. The van der Waals surface area contributed by atoms with Gasteiger partial charge in [0.05, 0.1) is 9.83 Å². The number of thiophene rings is 1. The predicted octanol–water partition coefficient (Wildman–Crippen LogP) is 3.70. The number of carboxylic acids is 1. The molecule has 2 N–H and O–H groups in total. The van der Waals surface area contributed by atoms with Crippen LogP contribution < -0.4 is 5.32 Å². The molecule has 2 aromatic heterocycles. The van der Waals surface area contributed by atoms with Gasteiger partial charge in [-0.1, -0.05) is 0 Å². The molecule has 2 heterocycles. The van der Waals surface area contributed by atoms with Gasteiger partial charge in [-0.15, -0.1) is 11.3 Å². The Labute approximate surface area is 123 Å². The van der Waals surface area contributed by atoms with Gasteiger partial charge in [-0.05, 0) is 53.5 Å². The molecule has 0 amide bonds. The maximum absolute atomic E-state index is 10.7. The summed E-state index contributed by atoms with van der Waals surface area (Å²) >= 11 is 5.15. The molecule has 0 radical (unpaired) electrons. The highest BCUT2D eigenvalue weighted by Crippen LogP contribution is 2.22. The van der Waals surface area contributed by atoms with E-state index in [9.17, 15) is 4.79 Å². The molecule has 0 spiro atoms. The summed E-state index contributed by atoms with van der Waals surface area (Å²) in [4.78, 5) is 12.0. The Bertz CT molecular complexity index is 564. The lowest BCUT2D eigenvalue weighted by Crippen LogP contribution is -2.20. The number of carboxylic acid groups (broad SMARTS) is 1. The monoisotopic (exact) mass is 343 g/mol. The van der Waals surface area contributed by atoms with E-state index in [-0.39, 0.29) is 11.8 Å². The van der Waals surface area contributed by atoms with Gasteiger partial charge < -0.3 is 14.8 Å². The SMILES string of the molecule is CC(NCCc1ccc(Br)s1)c1ccc(C(=O)O)o1. The number of halogens is 1. The second-order valence-electron chi connectivity index (χ2n) is 4.14. The highest BCUT2D eigenvalue weighted by Gasteiger charge is 2.13. The fraction of sp³-hybridized carbons (Fsp3) is 0.308. The van der Waals surface area contributed by atoms with Crippen molar-refractivity contribution in [3.8, 4) is 0 Å². The maximum atomic E-state index is 10.7. The zero-order valence-electron chi connectivity index (χ0n) is 10.4. The van der Waals surface area contributed by atoms with Gasteiger partial charge in [0, 0.05) is 11.4 Å². The van der Waals surface area contributed by atoms with E-state index in [1.165, 1.54) is 10.9 Å². The number of aromatic carboxylic acids is 1. The molecule has 2 aromatic rings. The van der Waals surface area contributed by atoms with Crippen LogP contribution in [0, 0.1) is 0 Å². The zero-order valence-corrected chi connectivity index (χ0v) is 12.8. The maximum Gasteiger partial charge on any atom is 0.371 e. The summed E-state index contributed by atoms with van der Waals surface area (Å²) in [5.74, 6) is -0.419. The van der Waals surface area contributed by atoms with E-state index in [0.29, 0.717) is 5.76 Å². The van der Waals surface area contributed by atoms with Crippen LogP contribution >= 0.6 is 27.3 Å². The summed E-state index contributed by atoms with van der Waals surface area (Å²) in [6.07, 6.45) is 0.938. The highest BCUT2D eigenvalue weighted by molar-refractivity contribution is 9.11. The Kier molecular flexibility index (Phi) is 4.79. The third kappa shape index (κ3) is 3.92. The van der Waals surface area contributed by atoms with Crippen LogP contribution in [0.4, 0.5) is 0 Å². The van der Waals surface area contributed by atoms with Gasteiger partial charge in [-0.3, -0.25) is 0 Å². The molecule has 0 fully saturated rings. The fourth-order valence-electron chi connectivity index (χ4n) is 1.70. The van der Waals surface area contributed by atoms with Crippen molar-refractivity contribution in [2.75, 3.05) is 6.54 Å². The summed E-state index contributed by atoms with van der Waals surface area (Å²) in [7, 11) is 0. The van der Waals surface area contributed by atoms with Crippen molar-refractivity contribution >= 4 is 33.2 Å². The van der Waals surface area contributed by atoms with Crippen LogP contribution in [0.3, 0.4) is 0 Å². The van der Waals surface area contributed by atoms with E-state index in [0.717, 1.165) is 16.8 Å².